The SMILES string of the molecule is CC1(C)C[C@H](CN2CCC(CCC(=O)Nc3ccc(F)c(Cl)c3)CC2)CCO1. The first-order chi connectivity index (χ1) is 13.3. The van der Waals surface area contributed by atoms with Crippen LogP contribution < -0.4 is 5.32 Å². The molecule has 4 nitrogen and oxygen atoms in total. The summed E-state index contributed by atoms with van der Waals surface area (Å²) in [6.45, 7) is 8.68. The second-order valence-electron chi connectivity index (χ2n) is 8.93. The highest BCUT2D eigenvalue weighted by atomic mass is 35.5. The van der Waals surface area contributed by atoms with Gasteiger partial charge in [0.05, 0.1) is 10.6 Å². The highest BCUT2D eigenvalue weighted by Crippen LogP contribution is 2.30. The second-order valence-corrected chi connectivity index (χ2v) is 9.33. The predicted octanol–water partition coefficient (Wildman–Crippen LogP) is 5.12. The van der Waals surface area contributed by atoms with E-state index in [-0.39, 0.29) is 16.5 Å². The van der Waals surface area contributed by atoms with Crippen LogP contribution in [0.15, 0.2) is 18.2 Å². The lowest BCUT2D eigenvalue weighted by molar-refractivity contribution is -0.116. The Morgan fingerprint density at radius 2 is 2.04 bits per heavy atom. The number of rotatable bonds is 6. The largest absolute Gasteiger partial charge is 0.376 e. The van der Waals surface area contributed by atoms with Gasteiger partial charge in [-0.3, -0.25) is 4.79 Å². The van der Waals surface area contributed by atoms with Gasteiger partial charge in [-0.1, -0.05) is 11.6 Å². The predicted molar refractivity (Wildman–Crippen MR) is 111 cm³/mol. The van der Waals surface area contributed by atoms with Crippen molar-refractivity contribution in [1.29, 1.82) is 0 Å². The lowest BCUT2D eigenvalue weighted by Gasteiger charge is -2.39. The van der Waals surface area contributed by atoms with E-state index in [2.05, 4.69) is 24.1 Å². The van der Waals surface area contributed by atoms with E-state index in [0.29, 0.717) is 18.0 Å². The molecule has 1 aromatic rings. The Hall–Kier alpha value is -1.17. The quantitative estimate of drug-likeness (QED) is 0.708. The van der Waals surface area contributed by atoms with Gasteiger partial charge in [-0.15, -0.1) is 0 Å². The summed E-state index contributed by atoms with van der Waals surface area (Å²) in [5, 5.41) is 2.83. The maximum atomic E-state index is 13.2. The van der Waals surface area contributed by atoms with Crippen LogP contribution in [-0.2, 0) is 9.53 Å². The number of piperidine rings is 1. The third kappa shape index (κ3) is 6.43. The molecular formula is C22H32ClFN2O2. The van der Waals surface area contributed by atoms with Crippen molar-refractivity contribution >= 4 is 23.2 Å². The third-order valence-electron chi connectivity index (χ3n) is 6.01. The molecule has 2 saturated heterocycles. The van der Waals surface area contributed by atoms with E-state index >= 15 is 0 Å². The van der Waals surface area contributed by atoms with Crippen molar-refractivity contribution in [3.63, 3.8) is 0 Å². The second kappa shape index (κ2) is 9.55. The number of likely N-dealkylation sites (tertiary alicyclic amines) is 1. The van der Waals surface area contributed by atoms with E-state index < -0.39 is 5.82 Å². The molecule has 2 heterocycles. The van der Waals surface area contributed by atoms with Crippen LogP contribution >= 0.6 is 11.6 Å². The average molecular weight is 411 g/mol. The zero-order chi connectivity index (χ0) is 20.1. The number of benzene rings is 1. The van der Waals surface area contributed by atoms with Crippen molar-refractivity contribution in [2.75, 3.05) is 31.6 Å². The van der Waals surface area contributed by atoms with Crippen LogP contribution in [0.1, 0.15) is 52.4 Å². The Bertz CT molecular complexity index is 675. The molecule has 156 valence electrons. The molecule has 2 aliphatic heterocycles. The summed E-state index contributed by atoms with van der Waals surface area (Å²) in [5.41, 5.74) is 0.564. The molecule has 1 aromatic carbocycles. The smallest absolute Gasteiger partial charge is 0.224 e. The van der Waals surface area contributed by atoms with Crippen LogP contribution in [0.3, 0.4) is 0 Å². The molecule has 0 aromatic heterocycles. The molecular weight excluding hydrogens is 379 g/mol. The van der Waals surface area contributed by atoms with E-state index in [4.69, 9.17) is 16.3 Å². The number of carbonyl (C=O) groups is 1. The Morgan fingerprint density at radius 1 is 1.29 bits per heavy atom. The minimum Gasteiger partial charge on any atom is -0.376 e. The molecule has 0 spiro atoms. The molecule has 2 fully saturated rings. The molecule has 0 bridgehead atoms. The molecule has 28 heavy (non-hydrogen) atoms. The summed E-state index contributed by atoms with van der Waals surface area (Å²) in [6.07, 6.45) is 6.01. The zero-order valence-corrected chi connectivity index (χ0v) is 17.7. The lowest BCUT2D eigenvalue weighted by Crippen LogP contribution is -2.42. The molecule has 1 N–H and O–H groups in total. The first-order valence-corrected chi connectivity index (χ1v) is 10.8. The fraction of sp³-hybridized carbons (Fsp3) is 0.682. The van der Waals surface area contributed by atoms with Gasteiger partial charge < -0.3 is 15.0 Å². The van der Waals surface area contributed by atoms with Crippen LogP contribution in [0.5, 0.6) is 0 Å². The lowest BCUT2D eigenvalue weighted by atomic mass is 9.86. The van der Waals surface area contributed by atoms with Crippen LogP contribution in [0.25, 0.3) is 0 Å². The first-order valence-electron chi connectivity index (χ1n) is 10.4. The summed E-state index contributed by atoms with van der Waals surface area (Å²) in [6, 6.07) is 4.26. The van der Waals surface area contributed by atoms with Crippen molar-refractivity contribution < 1.29 is 13.9 Å². The summed E-state index contributed by atoms with van der Waals surface area (Å²) < 4.78 is 19.0. The number of nitrogens with zero attached hydrogens (tertiary/aromatic N) is 1. The van der Waals surface area contributed by atoms with Crippen molar-refractivity contribution in [3.05, 3.63) is 29.0 Å². The van der Waals surface area contributed by atoms with Gasteiger partial charge in [0.2, 0.25) is 5.91 Å². The summed E-state index contributed by atoms with van der Waals surface area (Å²) in [5.74, 6) is 0.823. The minimum absolute atomic E-state index is 0.0172. The summed E-state index contributed by atoms with van der Waals surface area (Å²) >= 11 is 5.76. The van der Waals surface area contributed by atoms with Crippen molar-refractivity contribution in [2.24, 2.45) is 11.8 Å². The van der Waals surface area contributed by atoms with E-state index in [0.717, 1.165) is 57.7 Å². The number of carbonyl (C=O) groups excluding carboxylic acids is 1. The molecule has 0 saturated carbocycles. The van der Waals surface area contributed by atoms with E-state index in [1.165, 1.54) is 24.7 Å². The van der Waals surface area contributed by atoms with E-state index in [9.17, 15) is 9.18 Å². The van der Waals surface area contributed by atoms with Gasteiger partial charge in [0.15, 0.2) is 0 Å². The number of hydrogen-bond acceptors (Lipinski definition) is 3. The van der Waals surface area contributed by atoms with Crippen molar-refractivity contribution in [3.8, 4) is 0 Å². The minimum atomic E-state index is -0.476. The molecule has 0 radical (unpaired) electrons. The Kier molecular flexibility index (Phi) is 7.35. The van der Waals surface area contributed by atoms with Gasteiger partial charge in [0.25, 0.3) is 0 Å². The van der Waals surface area contributed by atoms with Gasteiger partial charge in [-0.05, 0) is 89.1 Å². The molecule has 6 heteroatoms. The first kappa shape index (κ1) is 21.5. The number of anilines is 1. The van der Waals surface area contributed by atoms with Gasteiger partial charge in [0.1, 0.15) is 5.82 Å². The fourth-order valence-electron chi connectivity index (χ4n) is 4.47. The van der Waals surface area contributed by atoms with Crippen molar-refractivity contribution in [1.82, 2.24) is 4.90 Å². The number of hydrogen-bond donors (Lipinski definition) is 1. The average Bonchev–Trinajstić information content (AvgIpc) is 2.63. The topological polar surface area (TPSA) is 41.6 Å². The number of ether oxygens (including phenoxy) is 1. The Balaban J connectivity index is 1.35. The Morgan fingerprint density at radius 3 is 2.71 bits per heavy atom. The molecule has 0 unspecified atom stereocenters. The Labute approximate surface area is 172 Å². The molecule has 0 aliphatic carbocycles. The molecule has 2 aliphatic rings. The molecule has 1 atom stereocenters. The number of nitrogens with one attached hydrogen (secondary N) is 1. The van der Waals surface area contributed by atoms with Gasteiger partial charge in [-0.2, -0.15) is 0 Å². The standard InChI is InChI=1S/C22H32ClFN2O2/c1-22(2)14-17(9-12-28-22)15-26-10-7-16(8-11-26)3-6-21(27)25-18-4-5-20(24)19(23)13-18/h4-5,13,16-17H,3,6-12,14-15H2,1-2H3,(H,25,27)/t17-/m1/s1. The number of amides is 1. The number of halogens is 2. The van der Waals surface area contributed by atoms with Gasteiger partial charge >= 0.3 is 0 Å². The van der Waals surface area contributed by atoms with Crippen LogP contribution in [-0.4, -0.2) is 42.6 Å². The summed E-state index contributed by atoms with van der Waals surface area (Å²) in [4.78, 5) is 14.8. The van der Waals surface area contributed by atoms with E-state index in [1.807, 2.05) is 0 Å². The van der Waals surface area contributed by atoms with Crippen LogP contribution in [0, 0.1) is 17.7 Å². The maximum absolute atomic E-state index is 13.2. The third-order valence-corrected chi connectivity index (χ3v) is 6.30. The summed E-state index contributed by atoms with van der Waals surface area (Å²) in [7, 11) is 0. The normalized spacial score (nSPS) is 23.5. The highest BCUT2D eigenvalue weighted by Gasteiger charge is 2.30. The van der Waals surface area contributed by atoms with Crippen LogP contribution in [0.2, 0.25) is 5.02 Å². The van der Waals surface area contributed by atoms with Crippen molar-refractivity contribution in [2.45, 2.75) is 58.0 Å². The molecule has 1 amide bonds. The maximum Gasteiger partial charge on any atom is 0.224 e. The van der Waals surface area contributed by atoms with Crippen LogP contribution in [0.4, 0.5) is 10.1 Å². The highest BCUT2D eigenvalue weighted by molar-refractivity contribution is 6.31. The fourth-order valence-corrected chi connectivity index (χ4v) is 4.65. The van der Waals surface area contributed by atoms with Gasteiger partial charge in [0, 0.05) is 25.3 Å². The zero-order valence-electron chi connectivity index (χ0n) is 17.0. The monoisotopic (exact) mass is 410 g/mol. The molecule has 3 rings (SSSR count). The van der Waals surface area contributed by atoms with E-state index in [1.54, 1.807) is 0 Å². The van der Waals surface area contributed by atoms with Gasteiger partial charge in [-0.25, -0.2) is 4.39 Å².